The summed E-state index contributed by atoms with van der Waals surface area (Å²) in [6, 6.07) is 8.38. The average molecular weight is 486 g/mol. The Morgan fingerprint density at radius 1 is 0.583 bits per heavy atom. The minimum Gasteiger partial charge on any atom is -0.399 e. The average Bonchev–Trinajstić information content (AvgIpc) is 3.14. The standard InChI is InChI=1S/C28H36B2N2O4/c1-25(2)26(3,4)34-29(33-25)21-17-13-9-10-14-18(17)22(30-35-27(5,6)28(7,8)36-30)24-23(21)31-19-15-11-12-16-20(19)32-24/h9-10,13-14H,11-12,15-16H2,1-8H3. The van der Waals surface area contributed by atoms with Crippen LogP contribution >= 0.6 is 0 Å². The number of hydrogen-bond acceptors (Lipinski definition) is 6. The van der Waals surface area contributed by atoms with Gasteiger partial charge in [-0.15, -0.1) is 0 Å². The Labute approximate surface area is 214 Å². The molecule has 3 aliphatic rings. The van der Waals surface area contributed by atoms with E-state index in [-0.39, 0.29) is 0 Å². The van der Waals surface area contributed by atoms with Crippen molar-refractivity contribution in [2.24, 2.45) is 0 Å². The molecule has 2 fully saturated rings. The maximum Gasteiger partial charge on any atom is 0.497 e. The molecular formula is C28H36B2N2O4. The zero-order valence-corrected chi connectivity index (χ0v) is 22.8. The molecule has 36 heavy (non-hydrogen) atoms. The van der Waals surface area contributed by atoms with Gasteiger partial charge in [0.2, 0.25) is 0 Å². The lowest BCUT2D eigenvalue weighted by atomic mass is 9.68. The number of benzene rings is 2. The highest BCUT2D eigenvalue weighted by molar-refractivity contribution is 6.73. The molecule has 1 aromatic heterocycles. The summed E-state index contributed by atoms with van der Waals surface area (Å²) in [5.41, 5.74) is 3.88. The van der Waals surface area contributed by atoms with E-state index >= 15 is 0 Å². The molecule has 0 radical (unpaired) electrons. The van der Waals surface area contributed by atoms with Gasteiger partial charge in [0.1, 0.15) is 0 Å². The summed E-state index contributed by atoms with van der Waals surface area (Å²) in [6.07, 6.45) is 4.16. The molecule has 2 aromatic carbocycles. The van der Waals surface area contributed by atoms with E-state index in [1.807, 2.05) is 0 Å². The van der Waals surface area contributed by atoms with E-state index < -0.39 is 36.6 Å². The minimum absolute atomic E-state index is 0.461. The van der Waals surface area contributed by atoms with Crippen LogP contribution in [0.4, 0.5) is 0 Å². The number of aryl methyl sites for hydroxylation is 2. The molecule has 2 aliphatic heterocycles. The molecule has 0 spiro atoms. The maximum atomic E-state index is 6.59. The fraction of sp³-hybridized carbons (Fsp3) is 0.571. The predicted octanol–water partition coefficient (Wildman–Crippen LogP) is 4.26. The molecule has 0 amide bonds. The number of rotatable bonds is 2. The van der Waals surface area contributed by atoms with Crippen LogP contribution in [0.15, 0.2) is 24.3 Å². The van der Waals surface area contributed by atoms with Gasteiger partial charge < -0.3 is 18.6 Å². The van der Waals surface area contributed by atoms with Crippen molar-refractivity contribution in [2.45, 2.75) is 103 Å². The Bertz CT molecular complexity index is 1250. The number of fused-ring (bicyclic) bond motifs is 3. The molecule has 6 nitrogen and oxygen atoms in total. The number of nitrogens with zero attached hydrogens (tertiary/aromatic N) is 2. The largest absolute Gasteiger partial charge is 0.497 e. The Kier molecular flexibility index (Phi) is 5.25. The van der Waals surface area contributed by atoms with Crippen LogP contribution in [0, 0.1) is 0 Å². The quantitative estimate of drug-likeness (QED) is 0.399. The summed E-state index contributed by atoms with van der Waals surface area (Å²) in [6.45, 7) is 16.7. The van der Waals surface area contributed by atoms with Crippen LogP contribution in [0.3, 0.4) is 0 Å². The fourth-order valence-electron chi connectivity index (χ4n) is 5.47. The first-order valence-corrected chi connectivity index (χ1v) is 13.3. The third-order valence-corrected chi connectivity index (χ3v) is 9.12. The van der Waals surface area contributed by atoms with Crippen molar-refractivity contribution in [3.05, 3.63) is 35.7 Å². The molecule has 6 rings (SSSR count). The van der Waals surface area contributed by atoms with E-state index in [4.69, 9.17) is 28.6 Å². The van der Waals surface area contributed by atoms with Crippen LogP contribution < -0.4 is 10.9 Å². The van der Waals surface area contributed by atoms with Crippen LogP contribution in [0.5, 0.6) is 0 Å². The second kappa shape index (κ2) is 7.76. The van der Waals surface area contributed by atoms with E-state index in [9.17, 15) is 0 Å². The molecule has 2 saturated heterocycles. The van der Waals surface area contributed by atoms with Crippen LogP contribution in [-0.2, 0) is 31.5 Å². The van der Waals surface area contributed by atoms with Crippen molar-refractivity contribution < 1.29 is 18.6 Å². The third kappa shape index (κ3) is 3.48. The molecular weight excluding hydrogens is 450 g/mol. The predicted molar refractivity (Wildman–Crippen MR) is 145 cm³/mol. The van der Waals surface area contributed by atoms with E-state index in [0.29, 0.717) is 0 Å². The van der Waals surface area contributed by atoms with Gasteiger partial charge in [0.15, 0.2) is 0 Å². The zero-order chi connectivity index (χ0) is 25.7. The molecule has 188 valence electrons. The van der Waals surface area contributed by atoms with Gasteiger partial charge in [-0.3, -0.25) is 0 Å². The van der Waals surface area contributed by atoms with Crippen molar-refractivity contribution in [1.82, 2.24) is 9.97 Å². The highest BCUT2D eigenvalue weighted by atomic mass is 16.7. The Morgan fingerprint density at radius 2 is 0.917 bits per heavy atom. The zero-order valence-electron chi connectivity index (χ0n) is 22.8. The SMILES string of the molecule is CC1(C)OB(c2c3ccccc3c(B3OC(C)(C)C(C)(C)O3)c3nc4c(nc23)CCCC4)OC1(C)C. The molecule has 0 atom stereocenters. The van der Waals surface area contributed by atoms with Crippen molar-refractivity contribution in [3.63, 3.8) is 0 Å². The third-order valence-electron chi connectivity index (χ3n) is 9.12. The van der Waals surface area contributed by atoms with Crippen LogP contribution in [-0.4, -0.2) is 46.6 Å². The Hall–Kier alpha value is -1.99. The van der Waals surface area contributed by atoms with Gasteiger partial charge in [-0.2, -0.15) is 0 Å². The van der Waals surface area contributed by atoms with Crippen molar-refractivity contribution in [2.75, 3.05) is 0 Å². The van der Waals surface area contributed by atoms with Gasteiger partial charge in [-0.05, 0) is 91.8 Å². The lowest BCUT2D eigenvalue weighted by Gasteiger charge is -2.32. The topological polar surface area (TPSA) is 62.7 Å². The van der Waals surface area contributed by atoms with Crippen LogP contribution in [0.2, 0.25) is 0 Å². The van der Waals surface area contributed by atoms with Gasteiger partial charge in [-0.1, -0.05) is 24.3 Å². The lowest BCUT2D eigenvalue weighted by Crippen LogP contribution is -2.42. The van der Waals surface area contributed by atoms with E-state index in [0.717, 1.165) is 69.8 Å². The van der Waals surface area contributed by atoms with E-state index in [2.05, 4.69) is 79.7 Å². The molecule has 1 aliphatic carbocycles. The summed E-state index contributed by atoms with van der Waals surface area (Å²) < 4.78 is 26.4. The summed E-state index contributed by atoms with van der Waals surface area (Å²) in [5, 5.41) is 2.08. The van der Waals surface area contributed by atoms with Crippen LogP contribution in [0.25, 0.3) is 21.8 Å². The van der Waals surface area contributed by atoms with Gasteiger partial charge in [-0.25, -0.2) is 9.97 Å². The summed E-state index contributed by atoms with van der Waals surface area (Å²) >= 11 is 0. The highest BCUT2D eigenvalue weighted by Gasteiger charge is 2.55. The number of hydrogen-bond donors (Lipinski definition) is 0. The normalized spacial score (nSPS) is 24.0. The van der Waals surface area contributed by atoms with Gasteiger partial charge in [0, 0.05) is 10.9 Å². The highest BCUT2D eigenvalue weighted by Crippen LogP contribution is 2.40. The second-order valence-corrected chi connectivity index (χ2v) is 12.6. The molecule has 0 bridgehead atoms. The second-order valence-electron chi connectivity index (χ2n) is 12.6. The minimum atomic E-state index is -0.550. The first kappa shape index (κ1) is 24.4. The Balaban J connectivity index is 1.67. The smallest absolute Gasteiger partial charge is 0.399 e. The lowest BCUT2D eigenvalue weighted by molar-refractivity contribution is 0.00578. The van der Waals surface area contributed by atoms with E-state index in [1.165, 1.54) is 0 Å². The summed E-state index contributed by atoms with van der Waals surface area (Å²) in [4.78, 5) is 10.6. The van der Waals surface area contributed by atoms with Crippen molar-refractivity contribution in [3.8, 4) is 0 Å². The fourth-order valence-corrected chi connectivity index (χ4v) is 5.47. The Morgan fingerprint density at radius 3 is 1.25 bits per heavy atom. The molecule has 8 heteroatoms. The molecule has 0 unspecified atom stereocenters. The number of aromatic nitrogens is 2. The van der Waals surface area contributed by atoms with Crippen LogP contribution in [0.1, 0.15) is 79.6 Å². The summed E-state index contributed by atoms with van der Waals surface area (Å²) in [7, 11) is -1.10. The summed E-state index contributed by atoms with van der Waals surface area (Å²) in [5.74, 6) is 0. The van der Waals surface area contributed by atoms with Gasteiger partial charge in [0.25, 0.3) is 0 Å². The molecule has 3 heterocycles. The van der Waals surface area contributed by atoms with Crippen molar-refractivity contribution >= 4 is 47.0 Å². The van der Waals surface area contributed by atoms with Crippen molar-refractivity contribution in [1.29, 1.82) is 0 Å². The molecule has 0 saturated carbocycles. The first-order valence-electron chi connectivity index (χ1n) is 13.3. The molecule has 0 N–H and O–H groups in total. The van der Waals surface area contributed by atoms with E-state index in [1.54, 1.807) is 0 Å². The maximum absolute atomic E-state index is 6.59. The van der Waals surface area contributed by atoms with Gasteiger partial charge >= 0.3 is 14.2 Å². The monoisotopic (exact) mass is 486 g/mol. The van der Waals surface area contributed by atoms with Gasteiger partial charge in [0.05, 0.1) is 44.8 Å². The molecule has 3 aromatic rings. The first-order chi connectivity index (χ1) is 16.8.